The van der Waals surface area contributed by atoms with Crippen LogP contribution >= 0.6 is 0 Å². The van der Waals surface area contributed by atoms with E-state index in [-0.39, 0.29) is 24.7 Å². The van der Waals surface area contributed by atoms with Gasteiger partial charge in [-0.2, -0.15) is 0 Å². The number of nitrogens with one attached hydrogen (secondary N) is 1. The second-order valence-corrected chi connectivity index (χ2v) is 3.58. The van der Waals surface area contributed by atoms with Crippen molar-refractivity contribution < 1.29 is 19.2 Å². The van der Waals surface area contributed by atoms with E-state index in [1.165, 1.54) is 6.07 Å². The number of hydrogen-bond acceptors (Lipinski definition) is 7. The lowest BCUT2D eigenvalue weighted by Crippen LogP contribution is -2.47. The summed E-state index contributed by atoms with van der Waals surface area (Å²) in [7, 11) is 0. The fraction of sp³-hybridized carbons (Fsp3) is 0.222. The molecule has 10 heteroatoms. The minimum absolute atomic E-state index is 0.0750. The first kappa shape index (κ1) is 12.7. The van der Waals surface area contributed by atoms with Gasteiger partial charge in [-0.25, -0.2) is 5.84 Å². The lowest BCUT2D eigenvalue weighted by Gasteiger charge is -2.24. The van der Waals surface area contributed by atoms with Gasteiger partial charge in [-0.05, 0) is 16.0 Å². The van der Waals surface area contributed by atoms with Gasteiger partial charge in [-0.15, -0.1) is 0 Å². The van der Waals surface area contributed by atoms with Crippen molar-refractivity contribution in [2.75, 3.05) is 18.1 Å². The van der Waals surface area contributed by atoms with Crippen LogP contribution in [-0.2, 0) is 9.59 Å². The molecule has 0 radical (unpaired) electrons. The van der Waals surface area contributed by atoms with Crippen LogP contribution in [0.25, 0.3) is 0 Å². The molecule has 3 N–H and O–H groups in total. The van der Waals surface area contributed by atoms with Gasteiger partial charge in [0.2, 0.25) is 0 Å². The summed E-state index contributed by atoms with van der Waals surface area (Å²) in [6.07, 6.45) is 0. The average molecular weight is 267 g/mol. The van der Waals surface area contributed by atoms with Crippen molar-refractivity contribution in [3.8, 4) is 5.75 Å². The number of ether oxygens (including phenoxy) is 1. The number of nitro groups is 1. The molecule has 2 heterocycles. The minimum Gasteiger partial charge on any atom is -0.477 e. The molecule has 0 spiro atoms. The predicted octanol–water partition coefficient (Wildman–Crippen LogP) is -1.29. The number of hydrazine groups is 1. The molecule has 19 heavy (non-hydrogen) atoms. The van der Waals surface area contributed by atoms with Crippen molar-refractivity contribution in [3.63, 3.8) is 0 Å². The normalized spacial score (nSPS) is 13.5. The molecule has 0 unspecified atom stereocenters. The third-order valence-corrected chi connectivity index (χ3v) is 2.38. The van der Waals surface area contributed by atoms with Crippen molar-refractivity contribution in [2.24, 2.45) is 5.84 Å². The average Bonchev–Trinajstić information content (AvgIpc) is 2.41. The first-order valence-corrected chi connectivity index (χ1v) is 5.11. The Bertz CT molecular complexity index is 560. The van der Waals surface area contributed by atoms with E-state index in [1.807, 2.05) is 5.43 Å². The molecular weight excluding hydrogens is 258 g/mol. The number of carbonyl (C=O) groups excluding carboxylic acids is 2. The van der Waals surface area contributed by atoms with E-state index in [0.29, 0.717) is 0 Å². The standard InChI is InChI=1S/C9H9N5O5/c10-12-7(15)3-13-8(16)4-19-5-1-2-6(14(17)18)11-9(5)13/h1-2H,3-4,10H2,(H,12,15). The Hall–Kier alpha value is -2.75. The molecule has 1 aromatic heterocycles. The number of carbonyl (C=O) groups is 2. The van der Waals surface area contributed by atoms with E-state index in [2.05, 4.69) is 4.98 Å². The molecule has 2 amide bonds. The molecule has 1 aliphatic rings. The van der Waals surface area contributed by atoms with Gasteiger partial charge in [-0.3, -0.25) is 19.9 Å². The summed E-state index contributed by atoms with van der Waals surface area (Å²) in [6, 6.07) is 2.47. The maximum Gasteiger partial charge on any atom is 0.366 e. The van der Waals surface area contributed by atoms with Gasteiger partial charge in [0.15, 0.2) is 12.4 Å². The number of nitrogens with two attached hydrogens (primary N) is 1. The number of pyridine rings is 1. The summed E-state index contributed by atoms with van der Waals surface area (Å²) in [6.45, 7) is -0.662. The van der Waals surface area contributed by atoms with Crippen LogP contribution in [0.1, 0.15) is 0 Å². The highest BCUT2D eigenvalue weighted by Crippen LogP contribution is 2.31. The molecule has 2 rings (SSSR count). The van der Waals surface area contributed by atoms with Crippen LogP contribution < -0.4 is 20.9 Å². The highest BCUT2D eigenvalue weighted by Gasteiger charge is 2.33. The summed E-state index contributed by atoms with van der Waals surface area (Å²) in [5.74, 6) is 3.43. The molecule has 10 nitrogen and oxygen atoms in total. The first-order chi connectivity index (χ1) is 9.02. The quantitative estimate of drug-likeness (QED) is 0.300. The van der Waals surface area contributed by atoms with E-state index in [1.54, 1.807) is 0 Å². The Labute approximate surface area is 106 Å². The summed E-state index contributed by atoms with van der Waals surface area (Å²) in [4.78, 5) is 37.5. The Morgan fingerprint density at radius 3 is 3.00 bits per heavy atom. The van der Waals surface area contributed by atoms with Gasteiger partial charge in [-0.1, -0.05) is 0 Å². The van der Waals surface area contributed by atoms with Crippen LogP contribution in [-0.4, -0.2) is 34.9 Å². The number of nitrogens with zero attached hydrogens (tertiary/aromatic N) is 3. The van der Waals surface area contributed by atoms with Gasteiger partial charge in [0, 0.05) is 6.07 Å². The van der Waals surface area contributed by atoms with Gasteiger partial charge >= 0.3 is 5.82 Å². The molecule has 0 saturated carbocycles. The van der Waals surface area contributed by atoms with Crippen LogP contribution in [0.3, 0.4) is 0 Å². The predicted molar refractivity (Wildman–Crippen MR) is 61.1 cm³/mol. The van der Waals surface area contributed by atoms with E-state index in [0.717, 1.165) is 11.0 Å². The number of fused-ring (bicyclic) bond motifs is 1. The van der Waals surface area contributed by atoms with Gasteiger partial charge in [0.25, 0.3) is 17.6 Å². The zero-order valence-electron chi connectivity index (χ0n) is 9.53. The third-order valence-electron chi connectivity index (χ3n) is 2.38. The van der Waals surface area contributed by atoms with Crippen LogP contribution in [0.5, 0.6) is 5.75 Å². The smallest absolute Gasteiger partial charge is 0.366 e. The molecule has 1 aromatic rings. The van der Waals surface area contributed by atoms with Crippen LogP contribution in [0.2, 0.25) is 0 Å². The van der Waals surface area contributed by atoms with Gasteiger partial charge in [0.1, 0.15) is 6.54 Å². The minimum atomic E-state index is -0.708. The molecule has 0 aliphatic carbocycles. The van der Waals surface area contributed by atoms with E-state index >= 15 is 0 Å². The van der Waals surface area contributed by atoms with Crippen molar-refractivity contribution >= 4 is 23.5 Å². The summed E-state index contributed by atoms with van der Waals surface area (Å²) < 4.78 is 5.08. The number of rotatable bonds is 3. The summed E-state index contributed by atoms with van der Waals surface area (Å²) in [5.41, 5.74) is 1.87. The largest absolute Gasteiger partial charge is 0.477 e. The lowest BCUT2D eigenvalue weighted by atomic mass is 10.3. The Morgan fingerprint density at radius 1 is 1.63 bits per heavy atom. The molecule has 0 bridgehead atoms. The Balaban J connectivity index is 2.41. The SMILES string of the molecule is NNC(=O)CN1C(=O)COc2ccc([N+](=O)[O-])nc21. The zero-order chi connectivity index (χ0) is 14.0. The van der Waals surface area contributed by atoms with E-state index in [4.69, 9.17) is 10.6 Å². The maximum atomic E-state index is 11.7. The first-order valence-electron chi connectivity index (χ1n) is 5.11. The maximum absolute atomic E-state index is 11.7. The Kier molecular flexibility index (Phi) is 3.25. The number of aromatic nitrogens is 1. The van der Waals surface area contributed by atoms with E-state index in [9.17, 15) is 19.7 Å². The fourth-order valence-electron chi connectivity index (χ4n) is 1.52. The van der Waals surface area contributed by atoms with E-state index < -0.39 is 22.6 Å². The molecule has 1 aliphatic heterocycles. The topological polar surface area (TPSA) is 141 Å². The fourth-order valence-corrected chi connectivity index (χ4v) is 1.52. The van der Waals surface area contributed by atoms with Gasteiger partial charge < -0.3 is 14.9 Å². The summed E-state index contributed by atoms with van der Waals surface area (Å²) in [5, 5.41) is 10.7. The number of amides is 2. The Morgan fingerprint density at radius 2 is 2.37 bits per heavy atom. The third kappa shape index (κ3) is 2.42. The van der Waals surface area contributed by atoms with Crippen molar-refractivity contribution in [1.82, 2.24) is 10.4 Å². The molecule has 0 saturated heterocycles. The van der Waals surface area contributed by atoms with Crippen LogP contribution in [0, 0.1) is 10.1 Å². The van der Waals surface area contributed by atoms with Crippen LogP contribution in [0.4, 0.5) is 11.6 Å². The molecular formula is C9H9N5O5. The molecule has 0 atom stereocenters. The molecule has 0 aromatic carbocycles. The monoisotopic (exact) mass is 267 g/mol. The zero-order valence-corrected chi connectivity index (χ0v) is 9.53. The number of anilines is 1. The second-order valence-electron chi connectivity index (χ2n) is 3.58. The second kappa shape index (κ2) is 4.86. The molecule has 0 fully saturated rings. The van der Waals surface area contributed by atoms with Crippen molar-refractivity contribution in [2.45, 2.75) is 0 Å². The number of hydrogen-bond donors (Lipinski definition) is 2. The van der Waals surface area contributed by atoms with Crippen molar-refractivity contribution in [3.05, 3.63) is 22.2 Å². The highest BCUT2D eigenvalue weighted by molar-refractivity contribution is 6.01. The lowest BCUT2D eigenvalue weighted by molar-refractivity contribution is -0.389. The van der Waals surface area contributed by atoms with Crippen molar-refractivity contribution in [1.29, 1.82) is 0 Å². The highest BCUT2D eigenvalue weighted by atomic mass is 16.6. The molecule has 100 valence electrons. The summed E-state index contributed by atoms with van der Waals surface area (Å²) >= 11 is 0. The van der Waals surface area contributed by atoms with Gasteiger partial charge in [0.05, 0.1) is 0 Å². The van der Waals surface area contributed by atoms with Crippen LogP contribution in [0.15, 0.2) is 12.1 Å².